The molecule has 1 heterocycles. The normalized spacial score (nSPS) is 26.1. The summed E-state index contributed by atoms with van der Waals surface area (Å²) >= 11 is 0. The summed E-state index contributed by atoms with van der Waals surface area (Å²) in [6, 6.07) is 6.34. The molecule has 0 unspecified atom stereocenters. The predicted octanol–water partition coefficient (Wildman–Crippen LogP) is 2.47. The summed E-state index contributed by atoms with van der Waals surface area (Å²) in [4.78, 5) is 14.9. The van der Waals surface area contributed by atoms with Gasteiger partial charge in [-0.3, -0.25) is 9.69 Å². The second-order valence-corrected chi connectivity index (χ2v) is 7.22. The summed E-state index contributed by atoms with van der Waals surface area (Å²) in [5.74, 6) is -0.179. The van der Waals surface area contributed by atoms with Crippen LogP contribution in [0.15, 0.2) is 24.3 Å². The number of amides is 1. The van der Waals surface area contributed by atoms with Crippen LogP contribution < -0.4 is 5.32 Å². The first-order chi connectivity index (χ1) is 11.5. The van der Waals surface area contributed by atoms with Gasteiger partial charge in [-0.15, -0.1) is 0 Å². The van der Waals surface area contributed by atoms with Crippen molar-refractivity contribution in [1.82, 2.24) is 10.2 Å². The number of ether oxygens (including phenoxy) is 1. The van der Waals surface area contributed by atoms with Crippen LogP contribution in [0.4, 0.5) is 4.39 Å². The predicted molar refractivity (Wildman–Crippen MR) is 91.4 cm³/mol. The molecule has 1 aliphatic carbocycles. The number of rotatable bonds is 6. The largest absolute Gasteiger partial charge is 0.373 e. The van der Waals surface area contributed by atoms with Crippen LogP contribution in [0.1, 0.15) is 38.7 Å². The van der Waals surface area contributed by atoms with Gasteiger partial charge in [0.25, 0.3) is 0 Å². The smallest absolute Gasteiger partial charge is 0.230 e. The molecule has 0 aromatic heterocycles. The Morgan fingerprint density at radius 2 is 1.88 bits per heavy atom. The van der Waals surface area contributed by atoms with E-state index >= 15 is 0 Å². The molecule has 1 aromatic carbocycles. The van der Waals surface area contributed by atoms with E-state index in [1.54, 1.807) is 12.1 Å². The molecule has 1 N–H and O–H groups in total. The highest BCUT2D eigenvalue weighted by atomic mass is 19.1. The maximum absolute atomic E-state index is 13.1. The molecule has 2 fully saturated rings. The van der Waals surface area contributed by atoms with Gasteiger partial charge in [0.15, 0.2) is 0 Å². The zero-order valence-electron chi connectivity index (χ0n) is 14.6. The van der Waals surface area contributed by atoms with Gasteiger partial charge in [-0.25, -0.2) is 4.39 Å². The zero-order chi connectivity index (χ0) is 17.2. The molecule has 0 spiro atoms. The van der Waals surface area contributed by atoms with Gasteiger partial charge in [-0.1, -0.05) is 12.1 Å². The number of benzene rings is 1. The van der Waals surface area contributed by atoms with Crippen molar-refractivity contribution in [3.63, 3.8) is 0 Å². The quantitative estimate of drug-likeness (QED) is 0.813. The Balaban J connectivity index is 1.43. The third kappa shape index (κ3) is 3.95. The number of nitrogens with one attached hydrogen (secondary N) is 1. The van der Waals surface area contributed by atoms with E-state index < -0.39 is 5.41 Å². The first-order valence-electron chi connectivity index (χ1n) is 8.92. The monoisotopic (exact) mass is 334 g/mol. The van der Waals surface area contributed by atoms with Crippen molar-refractivity contribution in [2.45, 2.75) is 50.7 Å². The highest BCUT2D eigenvalue weighted by Gasteiger charge is 2.50. The molecule has 0 radical (unpaired) electrons. The maximum Gasteiger partial charge on any atom is 0.230 e. The lowest BCUT2D eigenvalue weighted by molar-refractivity contribution is -0.123. The van der Waals surface area contributed by atoms with E-state index in [4.69, 9.17) is 4.74 Å². The summed E-state index contributed by atoms with van der Waals surface area (Å²) in [7, 11) is 0. The highest BCUT2D eigenvalue weighted by Crippen LogP contribution is 2.48. The van der Waals surface area contributed by atoms with Crippen molar-refractivity contribution in [2.24, 2.45) is 0 Å². The molecule has 5 heteroatoms. The summed E-state index contributed by atoms with van der Waals surface area (Å²) in [5, 5.41) is 3.07. The Hall–Kier alpha value is -1.46. The fraction of sp³-hybridized carbons (Fsp3) is 0.632. The van der Waals surface area contributed by atoms with Gasteiger partial charge in [0, 0.05) is 26.2 Å². The minimum atomic E-state index is -0.421. The average molecular weight is 334 g/mol. The van der Waals surface area contributed by atoms with Crippen LogP contribution in [0.2, 0.25) is 0 Å². The third-order valence-electron chi connectivity index (χ3n) is 5.01. The van der Waals surface area contributed by atoms with Crippen LogP contribution in [0.25, 0.3) is 0 Å². The van der Waals surface area contributed by atoms with Crippen LogP contribution in [-0.4, -0.2) is 49.2 Å². The number of halogens is 1. The lowest BCUT2D eigenvalue weighted by Gasteiger charge is -2.35. The number of carbonyl (C=O) groups is 1. The molecule has 132 valence electrons. The van der Waals surface area contributed by atoms with Crippen LogP contribution in [0.3, 0.4) is 0 Å². The van der Waals surface area contributed by atoms with E-state index in [-0.39, 0.29) is 23.9 Å². The number of hydrogen-bond acceptors (Lipinski definition) is 3. The molecule has 1 saturated carbocycles. The summed E-state index contributed by atoms with van der Waals surface area (Å²) < 4.78 is 18.8. The van der Waals surface area contributed by atoms with Crippen molar-refractivity contribution < 1.29 is 13.9 Å². The molecule has 3 rings (SSSR count). The van der Waals surface area contributed by atoms with E-state index in [2.05, 4.69) is 24.1 Å². The highest BCUT2D eigenvalue weighted by molar-refractivity contribution is 5.91. The molecule has 1 aliphatic heterocycles. The first-order valence-corrected chi connectivity index (χ1v) is 8.92. The van der Waals surface area contributed by atoms with Crippen molar-refractivity contribution in [3.05, 3.63) is 35.6 Å². The SMILES string of the molecule is C[C@@H]1CN(CCCNC(=O)C2(c3ccc(F)cc3)CC2)C[C@H](C)O1. The molecular formula is C19H27FN2O2. The Kier molecular flexibility index (Phi) is 5.21. The number of carbonyl (C=O) groups excluding carboxylic acids is 1. The number of nitrogens with zero attached hydrogens (tertiary/aromatic N) is 1. The number of morpholine rings is 1. The molecule has 24 heavy (non-hydrogen) atoms. The lowest BCUT2D eigenvalue weighted by Crippen LogP contribution is -2.46. The third-order valence-corrected chi connectivity index (χ3v) is 5.01. The van der Waals surface area contributed by atoms with E-state index in [1.165, 1.54) is 12.1 Å². The topological polar surface area (TPSA) is 41.6 Å². The van der Waals surface area contributed by atoms with E-state index in [0.717, 1.165) is 44.5 Å². The number of hydrogen-bond donors (Lipinski definition) is 1. The summed E-state index contributed by atoms with van der Waals surface area (Å²) in [6.07, 6.45) is 3.18. The van der Waals surface area contributed by atoms with Crippen LogP contribution in [0, 0.1) is 5.82 Å². The molecule has 1 saturated heterocycles. The van der Waals surface area contributed by atoms with Crippen molar-refractivity contribution >= 4 is 5.91 Å². The maximum atomic E-state index is 13.1. The Labute approximate surface area is 143 Å². The van der Waals surface area contributed by atoms with Gasteiger partial charge in [0.1, 0.15) is 5.82 Å². The Morgan fingerprint density at radius 1 is 1.25 bits per heavy atom. The summed E-state index contributed by atoms with van der Waals surface area (Å²) in [6.45, 7) is 7.77. The fourth-order valence-corrected chi connectivity index (χ4v) is 3.68. The standard InChI is InChI=1S/C19H27FN2O2/c1-14-12-22(13-15(2)24-14)11-3-10-21-18(23)19(8-9-19)16-4-6-17(20)7-5-16/h4-7,14-15H,3,8-13H2,1-2H3,(H,21,23)/t14-,15+. The van der Waals surface area contributed by atoms with E-state index in [0.29, 0.717) is 6.54 Å². The van der Waals surface area contributed by atoms with Gasteiger partial charge in [-0.05, 0) is 50.8 Å². The van der Waals surface area contributed by atoms with Crippen LogP contribution in [-0.2, 0) is 14.9 Å². The lowest BCUT2D eigenvalue weighted by atomic mass is 9.95. The van der Waals surface area contributed by atoms with Crippen LogP contribution >= 0.6 is 0 Å². The zero-order valence-corrected chi connectivity index (χ0v) is 14.6. The van der Waals surface area contributed by atoms with Gasteiger partial charge in [-0.2, -0.15) is 0 Å². The second-order valence-electron chi connectivity index (χ2n) is 7.22. The van der Waals surface area contributed by atoms with Gasteiger partial charge >= 0.3 is 0 Å². The Bertz CT molecular complexity index is 561. The fourth-order valence-electron chi connectivity index (χ4n) is 3.68. The van der Waals surface area contributed by atoms with Crippen molar-refractivity contribution in [3.8, 4) is 0 Å². The van der Waals surface area contributed by atoms with E-state index in [9.17, 15) is 9.18 Å². The van der Waals surface area contributed by atoms with Gasteiger partial charge < -0.3 is 10.1 Å². The molecule has 2 atom stereocenters. The summed E-state index contributed by atoms with van der Waals surface area (Å²) in [5.41, 5.74) is 0.507. The Morgan fingerprint density at radius 3 is 2.46 bits per heavy atom. The molecule has 1 aromatic rings. The second kappa shape index (κ2) is 7.19. The van der Waals surface area contributed by atoms with Gasteiger partial charge in [0.2, 0.25) is 5.91 Å². The first kappa shape index (κ1) is 17.4. The molecule has 1 amide bonds. The molecular weight excluding hydrogens is 307 g/mol. The van der Waals surface area contributed by atoms with Crippen molar-refractivity contribution in [2.75, 3.05) is 26.2 Å². The minimum absolute atomic E-state index is 0.0813. The van der Waals surface area contributed by atoms with Crippen molar-refractivity contribution in [1.29, 1.82) is 0 Å². The molecule has 2 aliphatic rings. The van der Waals surface area contributed by atoms with Crippen LogP contribution in [0.5, 0.6) is 0 Å². The average Bonchev–Trinajstić information content (AvgIpc) is 3.33. The molecule has 4 nitrogen and oxygen atoms in total. The molecule has 0 bridgehead atoms. The van der Waals surface area contributed by atoms with E-state index in [1.807, 2.05) is 0 Å². The minimum Gasteiger partial charge on any atom is -0.373 e. The van der Waals surface area contributed by atoms with Gasteiger partial charge in [0.05, 0.1) is 17.6 Å².